The van der Waals surface area contributed by atoms with Crippen molar-refractivity contribution in [1.82, 2.24) is 10.3 Å². The van der Waals surface area contributed by atoms with E-state index in [2.05, 4.69) is 22.5 Å². The number of pyridine rings is 1. The van der Waals surface area contributed by atoms with Crippen molar-refractivity contribution in [1.29, 1.82) is 0 Å². The largest absolute Gasteiger partial charge is 0.387 e. The van der Waals surface area contributed by atoms with Crippen LogP contribution in [0.2, 0.25) is 0 Å². The first-order valence-electron chi connectivity index (χ1n) is 5.69. The molecule has 1 aromatic rings. The minimum absolute atomic E-state index is 0.114. The molecule has 1 heterocycles. The van der Waals surface area contributed by atoms with Gasteiger partial charge in [-0.3, -0.25) is 4.79 Å². The number of nitrogens with one attached hydrogen (secondary N) is 2. The van der Waals surface area contributed by atoms with Crippen LogP contribution in [0.1, 0.15) is 24.3 Å². The van der Waals surface area contributed by atoms with E-state index < -0.39 is 0 Å². The molecule has 1 rings (SSSR count). The van der Waals surface area contributed by atoms with Crippen LogP contribution >= 0.6 is 11.8 Å². The van der Waals surface area contributed by atoms with Crippen molar-refractivity contribution in [3.8, 4) is 0 Å². The third-order valence-corrected chi connectivity index (χ3v) is 3.38. The first kappa shape index (κ1) is 13.8. The van der Waals surface area contributed by atoms with Crippen LogP contribution in [0.25, 0.3) is 0 Å². The highest BCUT2D eigenvalue weighted by Crippen LogP contribution is 2.06. The van der Waals surface area contributed by atoms with Crippen LogP contribution < -0.4 is 10.6 Å². The highest BCUT2D eigenvalue weighted by molar-refractivity contribution is 7.99. The fraction of sp³-hybridized carbons (Fsp3) is 0.500. The normalized spacial score (nSPS) is 11.9. The summed E-state index contributed by atoms with van der Waals surface area (Å²) < 4.78 is 0. The molecule has 1 aromatic heterocycles. The van der Waals surface area contributed by atoms with E-state index in [4.69, 9.17) is 0 Å². The van der Waals surface area contributed by atoms with Gasteiger partial charge in [-0.15, -0.1) is 0 Å². The minimum Gasteiger partial charge on any atom is -0.387 e. The van der Waals surface area contributed by atoms with Gasteiger partial charge in [-0.2, -0.15) is 11.8 Å². The molecule has 0 saturated carbocycles. The van der Waals surface area contributed by atoms with E-state index in [1.54, 1.807) is 12.3 Å². The molecular formula is C12H19N3OS. The lowest BCUT2D eigenvalue weighted by Gasteiger charge is -2.12. The van der Waals surface area contributed by atoms with E-state index in [0.717, 1.165) is 17.2 Å². The van der Waals surface area contributed by atoms with Crippen LogP contribution in [-0.2, 0) is 0 Å². The zero-order chi connectivity index (χ0) is 12.7. The average Bonchev–Trinajstić information content (AvgIpc) is 2.36. The number of carbonyl (C=O) groups excluding carboxylic acids is 1. The SMILES string of the molecule is CCSCC(C)NC(=O)c1ccc(NC)cn1. The van der Waals surface area contributed by atoms with E-state index in [9.17, 15) is 4.79 Å². The van der Waals surface area contributed by atoms with Crippen LogP contribution in [0.3, 0.4) is 0 Å². The number of hydrogen-bond acceptors (Lipinski definition) is 4. The molecule has 0 bridgehead atoms. The van der Waals surface area contributed by atoms with Crippen molar-refractivity contribution in [3.05, 3.63) is 24.0 Å². The number of anilines is 1. The Balaban J connectivity index is 2.51. The molecule has 2 N–H and O–H groups in total. The number of hydrogen-bond donors (Lipinski definition) is 2. The Morgan fingerprint density at radius 1 is 1.53 bits per heavy atom. The topological polar surface area (TPSA) is 54.0 Å². The Hall–Kier alpha value is -1.23. The predicted molar refractivity (Wildman–Crippen MR) is 73.7 cm³/mol. The van der Waals surface area contributed by atoms with E-state index in [0.29, 0.717) is 5.69 Å². The smallest absolute Gasteiger partial charge is 0.270 e. The maximum absolute atomic E-state index is 11.8. The number of amides is 1. The second-order valence-corrected chi connectivity index (χ2v) is 5.04. The summed E-state index contributed by atoms with van der Waals surface area (Å²) in [5.41, 5.74) is 1.36. The number of rotatable bonds is 6. The van der Waals surface area contributed by atoms with Crippen LogP contribution in [0.4, 0.5) is 5.69 Å². The van der Waals surface area contributed by atoms with Crippen molar-refractivity contribution >= 4 is 23.4 Å². The molecule has 4 nitrogen and oxygen atoms in total. The van der Waals surface area contributed by atoms with Crippen molar-refractivity contribution < 1.29 is 4.79 Å². The van der Waals surface area contributed by atoms with Gasteiger partial charge in [0, 0.05) is 18.8 Å². The van der Waals surface area contributed by atoms with Crippen molar-refractivity contribution in [2.24, 2.45) is 0 Å². The second kappa shape index (κ2) is 7.17. The Bertz CT molecular complexity index is 353. The summed E-state index contributed by atoms with van der Waals surface area (Å²) in [6.07, 6.45) is 1.65. The molecule has 0 saturated heterocycles. The maximum atomic E-state index is 11.8. The molecule has 1 amide bonds. The average molecular weight is 253 g/mol. The highest BCUT2D eigenvalue weighted by Gasteiger charge is 2.10. The molecule has 5 heteroatoms. The molecule has 1 unspecified atom stereocenters. The zero-order valence-corrected chi connectivity index (χ0v) is 11.3. The van der Waals surface area contributed by atoms with Gasteiger partial charge in [0.2, 0.25) is 0 Å². The highest BCUT2D eigenvalue weighted by atomic mass is 32.2. The fourth-order valence-electron chi connectivity index (χ4n) is 1.31. The van der Waals surface area contributed by atoms with Gasteiger partial charge in [0.1, 0.15) is 5.69 Å². The molecule has 1 atom stereocenters. The first-order valence-corrected chi connectivity index (χ1v) is 6.85. The Morgan fingerprint density at radius 3 is 2.82 bits per heavy atom. The lowest BCUT2D eigenvalue weighted by molar-refractivity contribution is 0.0939. The first-order chi connectivity index (χ1) is 8.17. The summed E-state index contributed by atoms with van der Waals surface area (Å²) in [5.74, 6) is 1.88. The molecule has 0 spiro atoms. The molecule has 0 fully saturated rings. The zero-order valence-electron chi connectivity index (χ0n) is 10.5. The lowest BCUT2D eigenvalue weighted by atomic mass is 10.3. The Morgan fingerprint density at radius 2 is 2.29 bits per heavy atom. The van der Waals surface area contributed by atoms with Gasteiger partial charge in [-0.05, 0) is 24.8 Å². The third kappa shape index (κ3) is 4.65. The summed E-state index contributed by atoms with van der Waals surface area (Å²) >= 11 is 1.81. The molecule has 0 aliphatic heterocycles. The van der Waals surface area contributed by atoms with Crippen molar-refractivity contribution in [2.45, 2.75) is 19.9 Å². The second-order valence-electron chi connectivity index (χ2n) is 3.72. The predicted octanol–water partition coefficient (Wildman–Crippen LogP) is 1.99. The minimum atomic E-state index is -0.114. The van der Waals surface area contributed by atoms with E-state index in [1.165, 1.54) is 0 Å². The summed E-state index contributed by atoms with van der Waals surface area (Å²) in [5, 5.41) is 5.89. The molecule has 0 aliphatic rings. The van der Waals surface area contributed by atoms with Gasteiger partial charge < -0.3 is 10.6 Å². The Labute approximate surface area is 107 Å². The summed E-state index contributed by atoms with van der Waals surface area (Å²) in [7, 11) is 1.82. The molecule has 17 heavy (non-hydrogen) atoms. The van der Waals surface area contributed by atoms with Gasteiger partial charge in [0.25, 0.3) is 5.91 Å². The van der Waals surface area contributed by atoms with E-state index in [1.807, 2.05) is 31.8 Å². The van der Waals surface area contributed by atoms with Crippen molar-refractivity contribution in [2.75, 3.05) is 23.9 Å². The van der Waals surface area contributed by atoms with Crippen LogP contribution in [0, 0.1) is 0 Å². The molecule has 0 aromatic carbocycles. The number of thioether (sulfide) groups is 1. The fourth-order valence-corrected chi connectivity index (χ4v) is 1.98. The van der Waals surface area contributed by atoms with Gasteiger partial charge in [0.05, 0.1) is 11.9 Å². The number of aromatic nitrogens is 1. The molecule has 0 radical (unpaired) electrons. The van der Waals surface area contributed by atoms with Gasteiger partial charge in [-0.25, -0.2) is 4.98 Å². The quantitative estimate of drug-likeness (QED) is 0.814. The number of nitrogens with zero attached hydrogens (tertiary/aromatic N) is 1. The number of carbonyl (C=O) groups is 1. The van der Waals surface area contributed by atoms with Crippen LogP contribution in [0.5, 0.6) is 0 Å². The van der Waals surface area contributed by atoms with Crippen LogP contribution in [-0.4, -0.2) is 35.5 Å². The summed E-state index contributed by atoms with van der Waals surface area (Å²) in [6, 6.07) is 3.73. The van der Waals surface area contributed by atoms with Gasteiger partial charge in [-0.1, -0.05) is 6.92 Å². The van der Waals surface area contributed by atoms with Gasteiger partial charge >= 0.3 is 0 Å². The van der Waals surface area contributed by atoms with Crippen LogP contribution in [0.15, 0.2) is 18.3 Å². The molecule has 94 valence electrons. The summed E-state index contributed by atoms with van der Waals surface area (Å²) in [6.45, 7) is 4.11. The van der Waals surface area contributed by atoms with Crippen molar-refractivity contribution in [3.63, 3.8) is 0 Å². The molecular weight excluding hydrogens is 234 g/mol. The van der Waals surface area contributed by atoms with Gasteiger partial charge in [0.15, 0.2) is 0 Å². The maximum Gasteiger partial charge on any atom is 0.270 e. The Kier molecular flexibility index (Phi) is 5.83. The standard InChI is InChI=1S/C12H19N3OS/c1-4-17-8-9(2)15-12(16)11-6-5-10(13-3)7-14-11/h5-7,9,13H,4,8H2,1-3H3,(H,15,16). The summed E-state index contributed by atoms with van der Waals surface area (Å²) in [4.78, 5) is 15.9. The molecule has 0 aliphatic carbocycles. The lowest BCUT2D eigenvalue weighted by Crippen LogP contribution is -2.34. The van der Waals surface area contributed by atoms with E-state index >= 15 is 0 Å². The monoisotopic (exact) mass is 253 g/mol. The third-order valence-electron chi connectivity index (χ3n) is 2.23. The van der Waals surface area contributed by atoms with E-state index in [-0.39, 0.29) is 11.9 Å².